The fourth-order valence-electron chi connectivity index (χ4n) is 0.487. The lowest BCUT2D eigenvalue weighted by Crippen LogP contribution is -2.09. The summed E-state index contributed by atoms with van der Waals surface area (Å²) in [7, 11) is 0. The van der Waals surface area contributed by atoms with E-state index in [2.05, 4.69) is 21.9 Å². The van der Waals surface area contributed by atoms with Gasteiger partial charge < -0.3 is 5.32 Å². The predicted molar refractivity (Wildman–Crippen MR) is 34.1 cm³/mol. The molecule has 42 valence electrons. The molecule has 8 heavy (non-hydrogen) atoms. The standard InChI is InChI=1S/C5H7N3/c1-2-7-5-3-6-4-8-5/h2,4H,1,3H2,(H,6,7,8). The molecule has 0 unspecified atom stereocenters. The molecular formula is C5H7N3. The summed E-state index contributed by atoms with van der Waals surface area (Å²) in [4.78, 5) is 7.71. The molecule has 0 fully saturated rings. The first-order valence-electron chi connectivity index (χ1n) is 2.37. The van der Waals surface area contributed by atoms with Gasteiger partial charge in [0.25, 0.3) is 0 Å². The van der Waals surface area contributed by atoms with Crippen molar-refractivity contribution in [2.24, 2.45) is 9.98 Å². The first-order chi connectivity index (χ1) is 3.93. The van der Waals surface area contributed by atoms with Crippen LogP contribution in [0.1, 0.15) is 0 Å². The minimum absolute atomic E-state index is 0.728. The van der Waals surface area contributed by atoms with Gasteiger partial charge in [-0.3, -0.25) is 0 Å². The van der Waals surface area contributed by atoms with Gasteiger partial charge in [-0.2, -0.15) is 0 Å². The van der Waals surface area contributed by atoms with Crippen LogP contribution in [0, 0.1) is 0 Å². The number of aliphatic imine (C=N–C) groups is 2. The van der Waals surface area contributed by atoms with E-state index in [1.807, 2.05) is 0 Å². The zero-order valence-electron chi connectivity index (χ0n) is 4.46. The summed E-state index contributed by atoms with van der Waals surface area (Å²) in [6.45, 7) is 4.16. The molecule has 3 heteroatoms. The van der Waals surface area contributed by atoms with Crippen molar-refractivity contribution in [3.63, 3.8) is 0 Å². The molecule has 0 saturated heterocycles. The van der Waals surface area contributed by atoms with Crippen molar-refractivity contribution in [3.8, 4) is 0 Å². The molecule has 0 saturated carbocycles. The normalized spacial score (nSPS) is 21.2. The molecule has 0 spiro atoms. The fourth-order valence-corrected chi connectivity index (χ4v) is 0.487. The zero-order valence-corrected chi connectivity index (χ0v) is 4.46. The highest BCUT2D eigenvalue weighted by Gasteiger charge is 1.96. The number of nitrogens with zero attached hydrogens (tertiary/aromatic N) is 2. The van der Waals surface area contributed by atoms with Gasteiger partial charge >= 0.3 is 0 Å². The molecule has 0 amide bonds. The lowest BCUT2D eigenvalue weighted by Gasteiger charge is -1.83. The summed E-state index contributed by atoms with van der Waals surface area (Å²) in [5.74, 6) is 0.792. The summed E-state index contributed by atoms with van der Waals surface area (Å²) in [6, 6.07) is 0. The fraction of sp³-hybridized carbons (Fsp3) is 0.200. The molecule has 0 aromatic rings. The van der Waals surface area contributed by atoms with Crippen LogP contribution in [-0.4, -0.2) is 18.7 Å². The summed E-state index contributed by atoms with van der Waals surface area (Å²) in [6.07, 6.45) is 3.11. The minimum atomic E-state index is 0.728. The lowest BCUT2D eigenvalue weighted by molar-refractivity contribution is 1.14. The van der Waals surface area contributed by atoms with Crippen LogP contribution in [0.2, 0.25) is 0 Å². The van der Waals surface area contributed by atoms with Crippen molar-refractivity contribution in [2.45, 2.75) is 0 Å². The average molecular weight is 109 g/mol. The summed E-state index contributed by atoms with van der Waals surface area (Å²) in [5.41, 5.74) is 0. The van der Waals surface area contributed by atoms with E-state index in [1.54, 1.807) is 6.34 Å². The van der Waals surface area contributed by atoms with E-state index in [9.17, 15) is 0 Å². The smallest absolute Gasteiger partial charge is 0.148 e. The average Bonchev–Trinajstić information content (AvgIpc) is 2.19. The largest absolute Gasteiger partial charge is 0.369 e. The first kappa shape index (κ1) is 5.03. The Morgan fingerprint density at radius 2 is 2.88 bits per heavy atom. The van der Waals surface area contributed by atoms with Crippen LogP contribution < -0.4 is 5.32 Å². The van der Waals surface area contributed by atoms with Crippen molar-refractivity contribution in [1.29, 1.82) is 0 Å². The Morgan fingerprint density at radius 3 is 3.38 bits per heavy atom. The Hall–Kier alpha value is -1.12. The molecule has 0 aromatic carbocycles. The van der Waals surface area contributed by atoms with Gasteiger partial charge in [-0.05, 0) is 0 Å². The quantitative estimate of drug-likeness (QED) is 0.511. The third-order valence-electron chi connectivity index (χ3n) is 0.805. The third kappa shape index (κ3) is 0.932. The van der Waals surface area contributed by atoms with Crippen molar-refractivity contribution in [3.05, 3.63) is 12.8 Å². The molecule has 0 atom stereocenters. The van der Waals surface area contributed by atoms with Gasteiger partial charge in [0.05, 0.1) is 12.9 Å². The van der Waals surface area contributed by atoms with Gasteiger partial charge in [0.2, 0.25) is 0 Å². The van der Waals surface area contributed by atoms with Crippen molar-refractivity contribution >= 4 is 12.2 Å². The van der Waals surface area contributed by atoms with Crippen LogP contribution in [0.3, 0.4) is 0 Å². The SMILES string of the molecule is C=CN=C1CNC=N1. The Balaban J connectivity index is 2.58. The van der Waals surface area contributed by atoms with Gasteiger partial charge in [-0.15, -0.1) is 0 Å². The Morgan fingerprint density at radius 1 is 2.00 bits per heavy atom. The van der Waals surface area contributed by atoms with Crippen molar-refractivity contribution < 1.29 is 0 Å². The third-order valence-corrected chi connectivity index (χ3v) is 0.805. The van der Waals surface area contributed by atoms with Gasteiger partial charge in [0.1, 0.15) is 5.84 Å². The number of amidine groups is 1. The highest BCUT2D eigenvalue weighted by atomic mass is 15.1. The topological polar surface area (TPSA) is 36.8 Å². The van der Waals surface area contributed by atoms with Crippen molar-refractivity contribution in [2.75, 3.05) is 6.54 Å². The van der Waals surface area contributed by atoms with Gasteiger partial charge in [0.15, 0.2) is 0 Å². The molecule has 1 rings (SSSR count). The van der Waals surface area contributed by atoms with Crippen LogP contribution in [0.25, 0.3) is 0 Å². The molecule has 0 aliphatic carbocycles. The second kappa shape index (κ2) is 2.26. The number of rotatable bonds is 1. The maximum Gasteiger partial charge on any atom is 0.148 e. The van der Waals surface area contributed by atoms with Crippen LogP contribution in [-0.2, 0) is 0 Å². The lowest BCUT2D eigenvalue weighted by atomic mass is 10.6. The molecule has 1 aliphatic rings. The number of nitrogens with one attached hydrogen (secondary N) is 1. The molecule has 0 bridgehead atoms. The summed E-state index contributed by atoms with van der Waals surface area (Å²) in [5, 5.41) is 2.89. The van der Waals surface area contributed by atoms with Crippen LogP contribution in [0.4, 0.5) is 0 Å². The monoisotopic (exact) mass is 109 g/mol. The van der Waals surface area contributed by atoms with Gasteiger partial charge in [0, 0.05) is 6.20 Å². The highest BCUT2D eigenvalue weighted by Crippen LogP contribution is 1.83. The maximum atomic E-state index is 3.87. The Bertz CT molecular complexity index is 146. The van der Waals surface area contributed by atoms with E-state index in [-0.39, 0.29) is 0 Å². The molecule has 1 aliphatic heterocycles. The predicted octanol–water partition coefficient (Wildman–Crippen LogP) is 0.160. The maximum absolute atomic E-state index is 3.87. The second-order valence-electron chi connectivity index (χ2n) is 1.37. The van der Waals surface area contributed by atoms with E-state index in [0.717, 1.165) is 12.4 Å². The minimum Gasteiger partial charge on any atom is -0.369 e. The molecule has 0 radical (unpaired) electrons. The van der Waals surface area contributed by atoms with E-state index in [0.29, 0.717) is 0 Å². The number of hydrogen-bond acceptors (Lipinski definition) is 2. The summed E-state index contributed by atoms with van der Waals surface area (Å²) < 4.78 is 0. The Labute approximate surface area is 47.8 Å². The molecule has 1 N–H and O–H groups in total. The molecular weight excluding hydrogens is 102 g/mol. The van der Waals surface area contributed by atoms with Crippen molar-refractivity contribution in [1.82, 2.24) is 5.32 Å². The molecule has 0 aromatic heterocycles. The molecule has 1 heterocycles. The van der Waals surface area contributed by atoms with E-state index >= 15 is 0 Å². The van der Waals surface area contributed by atoms with Crippen LogP contribution in [0.15, 0.2) is 22.8 Å². The van der Waals surface area contributed by atoms with E-state index in [1.165, 1.54) is 6.20 Å². The highest BCUT2D eigenvalue weighted by molar-refractivity contribution is 5.96. The van der Waals surface area contributed by atoms with E-state index in [4.69, 9.17) is 0 Å². The van der Waals surface area contributed by atoms with Crippen LogP contribution >= 0.6 is 0 Å². The Kier molecular flexibility index (Phi) is 1.42. The summed E-state index contributed by atoms with van der Waals surface area (Å²) >= 11 is 0. The molecule has 3 nitrogen and oxygen atoms in total. The second-order valence-corrected chi connectivity index (χ2v) is 1.37. The zero-order chi connectivity index (χ0) is 5.82. The number of hydrogen-bond donors (Lipinski definition) is 1. The van der Waals surface area contributed by atoms with E-state index < -0.39 is 0 Å². The van der Waals surface area contributed by atoms with Crippen LogP contribution in [0.5, 0.6) is 0 Å². The van der Waals surface area contributed by atoms with Gasteiger partial charge in [-0.25, -0.2) is 9.98 Å². The first-order valence-corrected chi connectivity index (χ1v) is 2.37. The van der Waals surface area contributed by atoms with Gasteiger partial charge in [-0.1, -0.05) is 6.58 Å².